The van der Waals surface area contributed by atoms with Gasteiger partial charge in [0.25, 0.3) is 0 Å². The number of hydrogen-bond donors (Lipinski definition) is 0. The molecule has 96 valence electrons. The van der Waals surface area contributed by atoms with Crippen molar-refractivity contribution in [3.63, 3.8) is 0 Å². The average molecular weight is 257 g/mol. The second-order valence-electron chi connectivity index (χ2n) is 3.43. The van der Waals surface area contributed by atoms with Gasteiger partial charge in [-0.3, -0.25) is 0 Å². The summed E-state index contributed by atoms with van der Waals surface area (Å²) in [6, 6.07) is 3.83. The van der Waals surface area contributed by atoms with E-state index >= 15 is 0 Å². The highest BCUT2D eigenvalue weighted by Crippen LogP contribution is 2.28. The Labute approximate surface area is 101 Å². The van der Waals surface area contributed by atoms with Crippen LogP contribution in [-0.4, -0.2) is 21.4 Å². The van der Waals surface area contributed by atoms with E-state index in [0.29, 0.717) is 18.3 Å². The Bertz CT molecular complexity index is 519. The molecule has 0 saturated heterocycles. The van der Waals surface area contributed by atoms with Crippen LogP contribution in [0.2, 0.25) is 0 Å². The fourth-order valence-corrected chi connectivity index (χ4v) is 1.35. The zero-order valence-corrected chi connectivity index (χ0v) is 9.48. The van der Waals surface area contributed by atoms with Gasteiger partial charge in [-0.2, -0.15) is 13.2 Å². The van der Waals surface area contributed by atoms with Gasteiger partial charge in [0.1, 0.15) is 0 Å². The van der Waals surface area contributed by atoms with Gasteiger partial charge < -0.3 is 4.74 Å². The number of pyridine rings is 1. The maximum absolute atomic E-state index is 12.3. The number of rotatable bonds is 3. The molecule has 2 rings (SSSR count). The topological polar surface area (TPSA) is 39.9 Å². The predicted octanol–water partition coefficient (Wildman–Crippen LogP) is 2.68. The molecule has 0 atom stereocenters. The third-order valence-electron chi connectivity index (χ3n) is 2.17. The van der Waals surface area contributed by atoms with Crippen molar-refractivity contribution in [2.45, 2.75) is 13.1 Å². The molecule has 7 heteroatoms. The third kappa shape index (κ3) is 2.61. The highest BCUT2D eigenvalue weighted by atomic mass is 19.4. The molecule has 0 aliphatic carbocycles. The molecule has 0 aromatic carbocycles. The molecule has 0 fully saturated rings. The van der Waals surface area contributed by atoms with Gasteiger partial charge in [-0.25, -0.2) is 9.67 Å². The summed E-state index contributed by atoms with van der Waals surface area (Å²) in [5.41, 5.74) is -0.788. The van der Waals surface area contributed by atoms with E-state index in [1.807, 2.05) is 6.92 Å². The van der Waals surface area contributed by atoms with Crippen molar-refractivity contribution in [3.05, 3.63) is 36.2 Å². The Morgan fingerprint density at radius 1 is 1.28 bits per heavy atom. The summed E-state index contributed by atoms with van der Waals surface area (Å²) in [5.74, 6) is 0.702. The summed E-state index contributed by atoms with van der Waals surface area (Å²) in [6.45, 7) is 2.28. The Kier molecular flexibility index (Phi) is 3.22. The van der Waals surface area contributed by atoms with E-state index < -0.39 is 11.7 Å². The molecule has 0 aliphatic rings. The fourth-order valence-electron chi connectivity index (χ4n) is 1.35. The highest BCUT2D eigenvalue weighted by molar-refractivity contribution is 5.27. The van der Waals surface area contributed by atoms with Crippen LogP contribution in [0.4, 0.5) is 13.2 Å². The van der Waals surface area contributed by atoms with Crippen LogP contribution in [0.5, 0.6) is 5.88 Å². The summed E-state index contributed by atoms with van der Waals surface area (Å²) in [4.78, 5) is 3.71. The van der Waals surface area contributed by atoms with E-state index in [9.17, 15) is 13.2 Å². The lowest BCUT2D eigenvalue weighted by Crippen LogP contribution is -2.07. The molecule has 0 bridgehead atoms. The van der Waals surface area contributed by atoms with Crippen LogP contribution in [0.15, 0.2) is 30.6 Å². The zero-order chi connectivity index (χ0) is 13.2. The molecule has 0 unspecified atom stereocenters. The van der Waals surface area contributed by atoms with Crippen LogP contribution < -0.4 is 4.74 Å². The maximum Gasteiger partial charge on any atom is 0.417 e. The fraction of sp³-hybridized carbons (Fsp3) is 0.273. The summed E-state index contributed by atoms with van der Waals surface area (Å²) in [5, 5.41) is 4.01. The first-order valence-corrected chi connectivity index (χ1v) is 5.23. The molecule has 18 heavy (non-hydrogen) atoms. The van der Waals surface area contributed by atoms with Crippen molar-refractivity contribution in [1.29, 1.82) is 0 Å². The van der Waals surface area contributed by atoms with Crippen molar-refractivity contribution < 1.29 is 17.9 Å². The number of nitrogens with zero attached hydrogens (tertiary/aromatic N) is 3. The SMILES string of the molecule is CCOc1ccn(-c2ccc(C(F)(F)F)cn2)n1. The molecule has 0 amide bonds. The normalized spacial score (nSPS) is 11.6. The molecule has 2 aromatic heterocycles. The van der Waals surface area contributed by atoms with Crippen LogP contribution >= 0.6 is 0 Å². The van der Waals surface area contributed by atoms with Gasteiger partial charge in [-0.05, 0) is 19.1 Å². The van der Waals surface area contributed by atoms with Gasteiger partial charge >= 0.3 is 6.18 Å². The molecule has 0 aliphatic heterocycles. The third-order valence-corrected chi connectivity index (χ3v) is 2.17. The first-order valence-electron chi connectivity index (χ1n) is 5.23. The van der Waals surface area contributed by atoms with Crippen LogP contribution in [-0.2, 0) is 6.18 Å². The predicted molar refractivity (Wildman–Crippen MR) is 57.5 cm³/mol. The smallest absolute Gasteiger partial charge is 0.417 e. The summed E-state index contributed by atoms with van der Waals surface area (Å²) in [7, 11) is 0. The quantitative estimate of drug-likeness (QED) is 0.848. The molecule has 0 saturated carbocycles. The van der Waals surface area contributed by atoms with Crippen LogP contribution in [0.25, 0.3) is 5.82 Å². The average Bonchev–Trinajstić information content (AvgIpc) is 2.77. The first kappa shape index (κ1) is 12.4. The van der Waals surface area contributed by atoms with Crippen molar-refractivity contribution in [2.24, 2.45) is 0 Å². The van der Waals surface area contributed by atoms with E-state index in [4.69, 9.17) is 4.74 Å². The first-order chi connectivity index (χ1) is 8.50. The van der Waals surface area contributed by atoms with Gasteiger partial charge in [0.05, 0.1) is 12.2 Å². The lowest BCUT2D eigenvalue weighted by atomic mass is 10.3. The largest absolute Gasteiger partial charge is 0.477 e. The van der Waals surface area contributed by atoms with Crippen LogP contribution in [0.1, 0.15) is 12.5 Å². The minimum absolute atomic E-state index is 0.300. The molecule has 2 heterocycles. The van der Waals surface area contributed by atoms with Gasteiger partial charge in [0.15, 0.2) is 5.82 Å². The van der Waals surface area contributed by atoms with E-state index in [-0.39, 0.29) is 0 Å². The number of alkyl halides is 3. The molecular weight excluding hydrogens is 247 g/mol. The van der Waals surface area contributed by atoms with Crippen molar-refractivity contribution >= 4 is 0 Å². The van der Waals surface area contributed by atoms with E-state index in [1.165, 1.54) is 10.7 Å². The Hall–Kier alpha value is -2.05. The highest BCUT2D eigenvalue weighted by Gasteiger charge is 2.30. The Morgan fingerprint density at radius 3 is 2.61 bits per heavy atom. The molecule has 0 radical (unpaired) electrons. The van der Waals surface area contributed by atoms with Crippen LogP contribution in [0.3, 0.4) is 0 Å². The van der Waals surface area contributed by atoms with Crippen molar-refractivity contribution in [2.75, 3.05) is 6.61 Å². The minimum Gasteiger partial charge on any atom is -0.477 e. The maximum atomic E-state index is 12.3. The molecular formula is C11H10F3N3O. The van der Waals surface area contributed by atoms with Crippen molar-refractivity contribution in [3.8, 4) is 11.7 Å². The molecule has 0 N–H and O–H groups in total. The zero-order valence-electron chi connectivity index (χ0n) is 9.48. The molecule has 2 aromatic rings. The number of aromatic nitrogens is 3. The summed E-state index contributed by atoms with van der Waals surface area (Å²) in [6.07, 6.45) is -2.04. The molecule has 0 spiro atoms. The minimum atomic E-state index is -4.38. The monoisotopic (exact) mass is 257 g/mol. The van der Waals surface area contributed by atoms with E-state index in [0.717, 1.165) is 12.3 Å². The van der Waals surface area contributed by atoms with Gasteiger partial charge in [0, 0.05) is 18.5 Å². The number of ether oxygens (including phenoxy) is 1. The Balaban J connectivity index is 2.23. The van der Waals surface area contributed by atoms with E-state index in [2.05, 4.69) is 10.1 Å². The lowest BCUT2D eigenvalue weighted by molar-refractivity contribution is -0.137. The number of hydrogen-bond acceptors (Lipinski definition) is 3. The van der Waals surface area contributed by atoms with Gasteiger partial charge in [-0.1, -0.05) is 0 Å². The lowest BCUT2D eigenvalue weighted by Gasteiger charge is -2.06. The van der Waals surface area contributed by atoms with Crippen molar-refractivity contribution in [1.82, 2.24) is 14.8 Å². The summed E-state index contributed by atoms with van der Waals surface area (Å²) >= 11 is 0. The van der Waals surface area contributed by atoms with Crippen LogP contribution in [0, 0.1) is 0 Å². The number of halogens is 3. The van der Waals surface area contributed by atoms with Gasteiger partial charge in [0.2, 0.25) is 5.88 Å². The van der Waals surface area contributed by atoms with E-state index in [1.54, 1.807) is 12.3 Å². The summed E-state index contributed by atoms with van der Waals surface area (Å²) < 4.78 is 43.5. The molecule has 4 nitrogen and oxygen atoms in total. The van der Waals surface area contributed by atoms with Gasteiger partial charge in [-0.15, -0.1) is 5.10 Å². The Morgan fingerprint density at radius 2 is 2.06 bits per heavy atom. The second-order valence-corrected chi connectivity index (χ2v) is 3.43. The second kappa shape index (κ2) is 4.67. The standard InChI is InChI=1S/C11H10F3N3O/c1-2-18-10-5-6-17(16-10)9-4-3-8(7-15-9)11(12,13)14/h3-7H,2H2,1H3.